The Bertz CT molecular complexity index is 2570. The summed E-state index contributed by atoms with van der Waals surface area (Å²) in [6, 6.07) is 52.1. The van der Waals surface area contributed by atoms with Gasteiger partial charge in [-0.15, -0.1) is 0 Å². The number of nitrogens with one attached hydrogen (secondary N) is 6. The summed E-state index contributed by atoms with van der Waals surface area (Å²) in [6.45, 7) is 0. The highest BCUT2D eigenvalue weighted by atomic mass is 16.6. The van der Waals surface area contributed by atoms with Crippen molar-refractivity contribution in [1.82, 2.24) is 0 Å². The molecular formula is C49H38N6O6. The summed E-state index contributed by atoms with van der Waals surface area (Å²) < 4.78 is 6.01. The molecule has 12 nitrogen and oxygen atoms in total. The van der Waals surface area contributed by atoms with Crippen molar-refractivity contribution in [3.63, 3.8) is 0 Å². The molecule has 1 heterocycles. The Morgan fingerprint density at radius 1 is 0.328 bits per heavy atom. The lowest BCUT2D eigenvalue weighted by molar-refractivity contribution is 0.101. The lowest BCUT2D eigenvalue weighted by Gasteiger charge is -2.12. The molecule has 7 aromatic carbocycles. The Kier molecular flexibility index (Phi) is 11.7. The zero-order valence-corrected chi connectivity index (χ0v) is 32.4. The minimum atomic E-state index is -0.489. The SMILES string of the molecule is O=C(Nc1ccc(NC(=O)c2cc(C(=O)Nc3ccc(NC(=O)c4ccccc4)cc3)cc(C3OC3Nc3ccc(NC(=O)c4ccccc4)cc3)c2)cc1)c1ccccc1. The molecule has 0 bridgehead atoms. The second-order valence-corrected chi connectivity index (χ2v) is 14.1. The van der Waals surface area contributed by atoms with Crippen LogP contribution in [-0.2, 0) is 4.74 Å². The fourth-order valence-electron chi connectivity index (χ4n) is 6.43. The number of benzene rings is 7. The highest BCUT2D eigenvalue weighted by Crippen LogP contribution is 2.40. The fraction of sp³-hybridized carbons (Fsp3) is 0.0408. The van der Waals surface area contributed by atoms with E-state index in [4.69, 9.17) is 4.74 Å². The molecule has 12 heteroatoms. The number of hydrogen-bond donors (Lipinski definition) is 6. The third kappa shape index (κ3) is 10.2. The molecule has 2 atom stereocenters. The molecule has 8 rings (SSSR count). The van der Waals surface area contributed by atoms with E-state index in [1.165, 1.54) is 6.07 Å². The molecule has 0 radical (unpaired) electrons. The standard InChI is InChI=1S/C49H38N6O6/c56-44(31-10-4-1-5-11-31)50-37-16-20-40(21-17-37)53-47(59)35-28-34(43-49(61-43)55-42-26-24-39(25-27-42)52-46(58)33-14-8-3-9-15-33)29-36(30-35)48(60)54-41-22-18-38(19-23-41)51-45(57)32-12-6-2-7-13-32/h1-30,43,49,55H,(H,50,56)(H,51,57)(H,52,58)(H,53,59)(H,54,60). The summed E-state index contributed by atoms with van der Waals surface area (Å²) in [5.74, 6) is -1.66. The van der Waals surface area contributed by atoms with Gasteiger partial charge in [-0.1, -0.05) is 54.6 Å². The fourth-order valence-corrected chi connectivity index (χ4v) is 6.43. The van der Waals surface area contributed by atoms with Gasteiger partial charge < -0.3 is 36.6 Å². The van der Waals surface area contributed by atoms with E-state index >= 15 is 0 Å². The third-order valence-corrected chi connectivity index (χ3v) is 9.66. The summed E-state index contributed by atoms with van der Waals surface area (Å²) >= 11 is 0. The van der Waals surface area contributed by atoms with Gasteiger partial charge in [-0.2, -0.15) is 0 Å². The maximum Gasteiger partial charge on any atom is 0.255 e. The van der Waals surface area contributed by atoms with E-state index < -0.39 is 24.1 Å². The highest BCUT2D eigenvalue weighted by molar-refractivity contribution is 6.10. The Morgan fingerprint density at radius 3 is 0.918 bits per heavy atom. The molecule has 1 aliphatic rings. The van der Waals surface area contributed by atoms with E-state index in [-0.39, 0.29) is 28.8 Å². The second-order valence-electron chi connectivity index (χ2n) is 14.1. The van der Waals surface area contributed by atoms with E-state index in [9.17, 15) is 24.0 Å². The van der Waals surface area contributed by atoms with Crippen molar-refractivity contribution in [2.75, 3.05) is 31.9 Å². The first-order chi connectivity index (χ1) is 29.7. The lowest BCUT2D eigenvalue weighted by Crippen LogP contribution is -2.17. The predicted octanol–water partition coefficient (Wildman–Crippen LogP) is 9.46. The first-order valence-corrected chi connectivity index (χ1v) is 19.3. The van der Waals surface area contributed by atoms with Crippen LogP contribution in [0.2, 0.25) is 0 Å². The molecule has 1 fully saturated rings. The first kappa shape index (κ1) is 39.5. The smallest absolute Gasteiger partial charge is 0.255 e. The summed E-state index contributed by atoms with van der Waals surface area (Å²) in [7, 11) is 0. The Morgan fingerprint density at radius 2 is 0.607 bits per heavy atom. The van der Waals surface area contributed by atoms with E-state index in [2.05, 4.69) is 31.9 Å². The van der Waals surface area contributed by atoms with Gasteiger partial charge in [-0.05, 0) is 133 Å². The van der Waals surface area contributed by atoms with Gasteiger partial charge in [-0.25, -0.2) is 0 Å². The number of hydrogen-bond acceptors (Lipinski definition) is 7. The van der Waals surface area contributed by atoms with Gasteiger partial charge in [0.1, 0.15) is 6.10 Å². The number of amides is 5. The van der Waals surface area contributed by atoms with Gasteiger partial charge in [0.25, 0.3) is 29.5 Å². The summed E-state index contributed by atoms with van der Waals surface area (Å²) in [4.78, 5) is 65.4. The van der Waals surface area contributed by atoms with Crippen molar-refractivity contribution in [2.45, 2.75) is 12.3 Å². The van der Waals surface area contributed by atoms with Crippen molar-refractivity contribution in [1.29, 1.82) is 0 Å². The zero-order valence-electron chi connectivity index (χ0n) is 32.4. The maximum absolute atomic E-state index is 13.8. The van der Waals surface area contributed by atoms with Crippen LogP contribution in [0.25, 0.3) is 0 Å². The topological polar surface area (TPSA) is 170 Å². The molecular weight excluding hydrogens is 769 g/mol. The van der Waals surface area contributed by atoms with Gasteiger partial charge in [-0.3, -0.25) is 24.0 Å². The third-order valence-electron chi connectivity index (χ3n) is 9.66. The van der Waals surface area contributed by atoms with Gasteiger partial charge in [0.15, 0.2) is 6.23 Å². The molecule has 0 aliphatic carbocycles. The minimum Gasteiger partial charge on any atom is -0.358 e. The Balaban J connectivity index is 0.961. The molecule has 7 aromatic rings. The van der Waals surface area contributed by atoms with Crippen LogP contribution in [0.15, 0.2) is 182 Å². The summed E-state index contributed by atoms with van der Waals surface area (Å²) in [5, 5.41) is 17.6. The number of epoxide rings is 1. The van der Waals surface area contributed by atoms with Crippen LogP contribution in [0.3, 0.4) is 0 Å². The van der Waals surface area contributed by atoms with E-state index in [1.54, 1.807) is 146 Å². The van der Waals surface area contributed by atoms with Gasteiger partial charge in [0.2, 0.25) is 0 Å². The molecule has 2 unspecified atom stereocenters. The largest absolute Gasteiger partial charge is 0.358 e. The highest BCUT2D eigenvalue weighted by Gasteiger charge is 2.41. The van der Waals surface area contributed by atoms with Crippen molar-refractivity contribution >= 4 is 63.7 Å². The molecule has 0 saturated carbocycles. The van der Waals surface area contributed by atoms with Crippen molar-refractivity contribution in [3.8, 4) is 0 Å². The van der Waals surface area contributed by atoms with Gasteiger partial charge in [0, 0.05) is 61.9 Å². The van der Waals surface area contributed by atoms with Gasteiger partial charge in [0.05, 0.1) is 0 Å². The number of anilines is 6. The lowest BCUT2D eigenvalue weighted by atomic mass is 10.0. The van der Waals surface area contributed by atoms with Crippen molar-refractivity contribution < 1.29 is 28.7 Å². The van der Waals surface area contributed by atoms with E-state index in [1.807, 2.05) is 30.3 Å². The van der Waals surface area contributed by atoms with Crippen molar-refractivity contribution in [3.05, 3.63) is 215 Å². The minimum absolute atomic E-state index is 0.218. The van der Waals surface area contributed by atoms with E-state index in [0.717, 1.165) is 5.69 Å². The molecule has 0 aromatic heterocycles. The number of rotatable bonds is 13. The average molecular weight is 807 g/mol. The molecule has 1 aliphatic heterocycles. The molecule has 1 saturated heterocycles. The summed E-state index contributed by atoms with van der Waals surface area (Å²) in [5.41, 5.74) is 6.04. The first-order valence-electron chi connectivity index (χ1n) is 19.3. The molecule has 6 N–H and O–H groups in total. The summed E-state index contributed by atoms with van der Waals surface area (Å²) in [6.07, 6.45) is -0.951. The van der Waals surface area contributed by atoms with E-state index in [0.29, 0.717) is 50.7 Å². The average Bonchev–Trinajstić information content (AvgIpc) is 4.08. The van der Waals surface area contributed by atoms with Crippen LogP contribution in [-0.4, -0.2) is 35.8 Å². The number of ether oxygens (including phenoxy) is 1. The monoisotopic (exact) mass is 806 g/mol. The van der Waals surface area contributed by atoms with Gasteiger partial charge >= 0.3 is 0 Å². The van der Waals surface area contributed by atoms with Crippen LogP contribution >= 0.6 is 0 Å². The van der Waals surface area contributed by atoms with Crippen LogP contribution in [0, 0.1) is 0 Å². The normalized spacial score (nSPS) is 13.8. The predicted molar refractivity (Wildman–Crippen MR) is 236 cm³/mol. The Hall–Kier alpha value is -8.35. The van der Waals surface area contributed by atoms with Crippen LogP contribution in [0.4, 0.5) is 34.1 Å². The van der Waals surface area contributed by atoms with Crippen LogP contribution in [0.1, 0.15) is 63.5 Å². The zero-order chi connectivity index (χ0) is 42.1. The van der Waals surface area contributed by atoms with Crippen LogP contribution in [0.5, 0.6) is 0 Å². The number of carbonyl (C=O) groups excluding carboxylic acids is 5. The van der Waals surface area contributed by atoms with Crippen LogP contribution < -0.4 is 31.9 Å². The quantitative estimate of drug-likeness (QED) is 0.0631. The maximum atomic E-state index is 13.8. The molecule has 300 valence electrons. The number of carbonyl (C=O) groups is 5. The molecule has 0 spiro atoms. The van der Waals surface area contributed by atoms with Crippen molar-refractivity contribution in [2.24, 2.45) is 0 Å². The molecule has 5 amide bonds. The Labute approximate surface area is 351 Å². The molecule has 61 heavy (non-hydrogen) atoms. The second kappa shape index (κ2) is 18.1.